The summed E-state index contributed by atoms with van der Waals surface area (Å²) in [6.45, 7) is 0.767. The molecule has 3 aromatic carbocycles. The summed E-state index contributed by atoms with van der Waals surface area (Å²) in [5.41, 5.74) is 4.88. The minimum absolute atomic E-state index is 0.239. The van der Waals surface area contributed by atoms with Crippen LogP contribution in [0, 0.1) is 0 Å². The summed E-state index contributed by atoms with van der Waals surface area (Å²) < 4.78 is 13.9. The molecule has 1 N–H and O–H groups in total. The molecule has 1 aromatic heterocycles. The second-order valence-corrected chi connectivity index (χ2v) is 9.32. The summed E-state index contributed by atoms with van der Waals surface area (Å²) in [5, 5.41) is 3.43. The van der Waals surface area contributed by atoms with E-state index in [1.165, 1.54) is 0 Å². The third-order valence-corrected chi connectivity index (χ3v) is 7.14. The van der Waals surface area contributed by atoms with E-state index in [9.17, 15) is 9.00 Å². The second-order valence-electron chi connectivity index (χ2n) is 7.42. The summed E-state index contributed by atoms with van der Waals surface area (Å²) in [6.07, 6.45) is 2.59. The van der Waals surface area contributed by atoms with E-state index in [-0.39, 0.29) is 5.91 Å². The normalized spacial score (nSPS) is 15.8. The molecule has 8 heteroatoms. The Morgan fingerprint density at radius 3 is 2.56 bits per heavy atom. The van der Waals surface area contributed by atoms with Crippen LogP contribution in [0.15, 0.2) is 72.9 Å². The number of benzene rings is 3. The number of carbonyl (C=O) groups excluding carboxylic acids is 1. The van der Waals surface area contributed by atoms with E-state index >= 15 is 0 Å². The zero-order chi connectivity index (χ0) is 22.1. The van der Waals surface area contributed by atoms with Gasteiger partial charge in [0.05, 0.1) is 27.9 Å². The van der Waals surface area contributed by atoms with E-state index in [0.717, 1.165) is 29.7 Å². The maximum Gasteiger partial charge on any atom is 0.255 e. The number of nitrogens with zero attached hydrogens (tertiary/aromatic N) is 3. The molecule has 1 aliphatic rings. The van der Waals surface area contributed by atoms with Gasteiger partial charge in [-0.05, 0) is 61.0 Å². The number of halogens is 1. The molecule has 0 aliphatic carbocycles. The molecular formula is C24H19ClN4O2S. The van der Waals surface area contributed by atoms with Crippen molar-refractivity contribution in [3.05, 3.63) is 83.5 Å². The van der Waals surface area contributed by atoms with E-state index in [1.807, 2.05) is 40.7 Å². The van der Waals surface area contributed by atoms with Crippen molar-refractivity contribution in [2.45, 2.75) is 6.42 Å². The topological polar surface area (TPSA) is 75.2 Å². The Bertz CT molecular complexity index is 1340. The van der Waals surface area contributed by atoms with Crippen LogP contribution in [-0.2, 0) is 11.0 Å². The van der Waals surface area contributed by atoms with Gasteiger partial charge in [0, 0.05) is 34.8 Å². The molecule has 4 aromatic rings. The van der Waals surface area contributed by atoms with Crippen molar-refractivity contribution in [3.63, 3.8) is 0 Å². The molecule has 1 saturated heterocycles. The first-order valence-electron chi connectivity index (χ1n) is 10.2. The van der Waals surface area contributed by atoms with Crippen molar-refractivity contribution in [2.24, 2.45) is 0 Å². The maximum absolute atomic E-state index is 12.8. The van der Waals surface area contributed by atoms with Crippen molar-refractivity contribution in [1.82, 2.24) is 9.97 Å². The first-order valence-corrected chi connectivity index (χ1v) is 11.8. The summed E-state index contributed by atoms with van der Waals surface area (Å²) in [7, 11) is -0.983. The number of rotatable bonds is 4. The third-order valence-electron chi connectivity index (χ3n) is 5.29. The highest BCUT2D eigenvalue weighted by molar-refractivity contribution is 7.86. The third kappa shape index (κ3) is 4.09. The number of nitrogens with one attached hydrogen (secondary N) is 1. The predicted molar refractivity (Wildman–Crippen MR) is 129 cm³/mol. The number of fused-ring (bicyclic) bond motifs is 1. The van der Waals surface area contributed by atoms with E-state index in [2.05, 4.69) is 15.3 Å². The molecule has 0 saturated carbocycles. The number of carbonyl (C=O) groups is 1. The highest BCUT2D eigenvalue weighted by Crippen LogP contribution is 2.30. The van der Waals surface area contributed by atoms with Gasteiger partial charge in [-0.15, -0.1) is 0 Å². The van der Waals surface area contributed by atoms with Crippen LogP contribution in [0.5, 0.6) is 0 Å². The quantitative estimate of drug-likeness (QED) is 0.459. The fourth-order valence-corrected chi connectivity index (χ4v) is 5.16. The fraction of sp³-hybridized carbons (Fsp3) is 0.125. The molecule has 32 heavy (non-hydrogen) atoms. The Morgan fingerprint density at radius 2 is 1.81 bits per heavy atom. The monoisotopic (exact) mass is 462 g/mol. The molecule has 6 nitrogen and oxygen atoms in total. The zero-order valence-electron chi connectivity index (χ0n) is 17.0. The first kappa shape index (κ1) is 20.6. The lowest BCUT2D eigenvalue weighted by Gasteiger charge is -2.16. The molecule has 0 radical (unpaired) electrons. The standard InChI is InChI=1S/C24H19ClN4O2S/c25-20-11-8-17(14-19(20)23-15-26-21-4-1-2-5-22(21)28-23)27-24(30)16-6-9-18(10-7-16)29-12-3-13-32(29)31/h1-2,4-11,14-15H,3,12-13H2,(H,27,30). The van der Waals surface area contributed by atoms with Crippen LogP contribution in [0.25, 0.3) is 22.3 Å². The molecular weight excluding hydrogens is 444 g/mol. The van der Waals surface area contributed by atoms with E-state index < -0.39 is 11.0 Å². The Hall–Kier alpha value is -3.29. The van der Waals surface area contributed by atoms with Crippen LogP contribution in [0.2, 0.25) is 5.02 Å². The molecule has 0 spiro atoms. The highest BCUT2D eigenvalue weighted by atomic mass is 35.5. The maximum atomic E-state index is 12.8. The largest absolute Gasteiger partial charge is 0.322 e. The van der Waals surface area contributed by atoms with E-state index in [4.69, 9.17) is 11.6 Å². The summed E-state index contributed by atoms with van der Waals surface area (Å²) in [6, 6.07) is 20.0. The number of aromatic nitrogens is 2. The van der Waals surface area contributed by atoms with Crippen LogP contribution in [0.1, 0.15) is 16.8 Å². The first-order chi connectivity index (χ1) is 15.6. The van der Waals surface area contributed by atoms with Crippen LogP contribution >= 0.6 is 11.6 Å². The lowest BCUT2D eigenvalue weighted by Crippen LogP contribution is -2.19. The van der Waals surface area contributed by atoms with Crippen LogP contribution < -0.4 is 9.62 Å². The predicted octanol–water partition coefficient (Wildman–Crippen LogP) is 5.08. The second kappa shape index (κ2) is 8.68. The molecule has 1 atom stereocenters. The SMILES string of the molecule is O=C(Nc1ccc(Cl)c(-c2cnc3ccccc3n2)c1)c1ccc(N2CCCS2=O)cc1. The average Bonchev–Trinajstić information content (AvgIpc) is 3.26. The van der Waals surface area contributed by atoms with Gasteiger partial charge in [-0.1, -0.05) is 23.7 Å². The number of hydrogen-bond acceptors (Lipinski definition) is 4. The molecule has 1 fully saturated rings. The summed E-state index contributed by atoms with van der Waals surface area (Å²) >= 11 is 6.42. The zero-order valence-corrected chi connectivity index (χ0v) is 18.6. The van der Waals surface area contributed by atoms with Crippen LogP contribution in [-0.4, -0.2) is 32.4 Å². The van der Waals surface area contributed by atoms with Crippen molar-refractivity contribution >= 4 is 50.9 Å². The number of para-hydroxylation sites is 2. The Morgan fingerprint density at radius 1 is 1.03 bits per heavy atom. The molecule has 1 amide bonds. The smallest absolute Gasteiger partial charge is 0.255 e. The summed E-state index contributed by atoms with van der Waals surface area (Å²) in [5.74, 6) is 0.444. The number of hydrogen-bond donors (Lipinski definition) is 1. The molecule has 0 bridgehead atoms. The van der Waals surface area contributed by atoms with Crippen molar-refractivity contribution in [1.29, 1.82) is 0 Å². The van der Waals surface area contributed by atoms with Crippen molar-refractivity contribution in [3.8, 4) is 11.3 Å². The summed E-state index contributed by atoms with van der Waals surface area (Å²) in [4.78, 5) is 21.9. The van der Waals surface area contributed by atoms with E-state index in [0.29, 0.717) is 33.3 Å². The van der Waals surface area contributed by atoms with Crippen LogP contribution in [0.3, 0.4) is 0 Å². The van der Waals surface area contributed by atoms with Gasteiger partial charge in [0.25, 0.3) is 5.91 Å². The fourth-order valence-electron chi connectivity index (χ4n) is 3.66. The Balaban J connectivity index is 1.37. The van der Waals surface area contributed by atoms with Gasteiger partial charge in [0.1, 0.15) is 11.0 Å². The van der Waals surface area contributed by atoms with Gasteiger partial charge in [-0.2, -0.15) is 0 Å². The van der Waals surface area contributed by atoms with Crippen molar-refractivity contribution < 1.29 is 9.00 Å². The van der Waals surface area contributed by atoms with Gasteiger partial charge in [0.2, 0.25) is 0 Å². The lowest BCUT2D eigenvalue weighted by molar-refractivity contribution is 0.102. The van der Waals surface area contributed by atoms with Crippen molar-refractivity contribution in [2.75, 3.05) is 21.9 Å². The van der Waals surface area contributed by atoms with Gasteiger partial charge in [-0.3, -0.25) is 14.1 Å². The minimum Gasteiger partial charge on any atom is -0.322 e. The average molecular weight is 463 g/mol. The van der Waals surface area contributed by atoms with Gasteiger partial charge in [-0.25, -0.2) is 9.19 Å². The number of amides is 1. The Labute approximate surface area is 192 Å². The molecule has 2 heterocycles. The Kier molecular flexibility index (Phi) is 5.59. The lowest BCUT2D eigenvalue weighted by atomic mass is 10.1. The molecule has 5 rings (SSSR count). The molecule has 1 unspecified atom stereocenters. The van der Waals surface area contributed by atoms with Crippen LogP contribution in [0.4, 0.5) is 11.4 Å². The van der Waals surface area contributed by atoms with E-state index in [1.54, 1.807) is 36.5 Å². The minimum atomic E-state index is -0.983. The van der Waals surface area contributed by atoms with Gasteiger partial charge < -0.3 is 5.32 Å². The number of anilines is 2. The molecule has 1 aliphatic heterocycles. The highest BCUT2D eigenvalue weighted by Gasteiger charge is 2.20. The van der Waals surface area contributed by atoms with Gasteiger partial charge in [0.15, 0.2) is 0 Å². The molecule has 160 valence electrons. The van der Waals surface area contributed by atoms with Gasteiger partial charge >= 0.3 is 0 Å².